The number of ether oxygens (including phenoxy) is 1. The lowest BCUT2D eigenvalue weighted by Gasteiger charge is -2.26. The zero-order chi connectivity index (χ0) is 18.8. The van der Waals surface area contributed by atoms with Gasteiger partial charge >= 0.3 is 0 Å². The van der Waals surface area contributed by atoms with Crippen LogP contribution >= 0.6 is 11.6 Å². The fourth-order valence-corrected chi connectivity index (χ4v) is 4.45. The smallest absolute Gasteiger partial charge is 0.248 e. The molecule has 3 rings (SSSR count). The van der Waals surface area contributed by atoms with Crippen molar-refractivity contribution in [3.05, 3.63) is 23.0 Å². The van der Waals surface area contributed by atoms with Gasteiger partial charge in [0.1, 0.15) is 10.4 Å². The molecule has 1 aliphatic heterocycles. The zero-order valence-corrected chi connectivity index (χ0v) is 16.9. The first kappa shape index (κ1) is 20.2. The minimum absolute atomic E-state index is 0.0124. The van der Waals surface area contributed by atoms with E-state index in [9.17, 15) is 8.42 Å². The van der Waals surface area contributed by atoms with E-state index in [1.54, 1.807) is 12.1 Å². The lowest BCUT2D eigenvalue weighted by molar-refractivity contribution is 0.0730. The average Bonchev–Trinajstić information content (AvgIpc) is 3.01. The summed E-state index contributed by atoms with van der Waals surface area (Å²) in [7, 11) is -3.76. The number of fused-ring (bicyclic) bond motifs is 1. The van der Waals surface area contributed by atoms with Crippen LogP contribution in [0, 0.1) is 0 Å². The van der Waals surface area contributed by atoms with Crippen LogP contribution in [0.1, 0.15) is 40.5 Å². The van der Waals surface area contributed by atoms with Gasteiger partial charge in [0.05, 0.1) is 18.2 Å². The fourth-order valence-electron chi connectivity index (χ4n) is 2.42. The lowest BCUT2D eigenvalue weighted by Crippen LogP contribution is -2.40. The van der Waals surface area contributed by atoms with Gasteiger partial charge in [-0.25, -0.2) is 13.4 Å². The maximum absolute atomic E-state index is 13.0. The second-order valence-corrected chi connectivity index (χ2v) is 8.79. The minimum Gasteiger partial charge on any atom is -0.439 e. The number of sulfonamides is 1. The molecular formula is C17H25ClN2O4S. The van der Waals surface area contributed by atoms with Crippen molar-refractivity contribution in [3.8, 4) is 0 Å². The van der Waals surface area contributed by atoms with Gasteiger partial charge in [0.2, 0.25) is 15.9 Å². The van der Waals surface area contributed by atoms with Crippen molar-refractivity contribution < 1.29 is 17.6 Å². The van der Waals surface area contributed by atoms with Gasteiger partial charge < -0.3 is 9.15 Å². The van der Waals surface area contributed by atoms with Crippen LogP contribution in [0.2, 0.25) is 5.02 Å². The first-order valence-corrected chi connectivity index (χ1v) is 10.2. The van der Waals surface area contributed by atoms with E-state index in [0.29, 0.717) is 37.7 Å². The first-order valence-electron chi connectivity index (χ1n) is 8.38. The number of halogens is 1. The lowest BCUT2D eigenvalue weighted by atomic mass is 9.97. The third-order valence-corrected chi connectivity index (χ3v) is 6.07. The van der Waals surface area contributed by atoms with Crippen LogP contribution in [-0.2, 0) is 20.2 Å². The molecule has 6 nitrogen and oxygen atoms in total. The molecule has 0 spiro atoms. The highest BCUT2D eigenvalue weighted by molar-refractivity contribution is 7.89. The highest BCUT2D eigenvalue weighted by Gasteiger charge is 2.33. The molecule has 0 amide bonds. The topological polar surface area (TPSA) is 72.6 Å². The number of rotatable bonds is 2. The summed E-state index contributed by atoms with van der Waals surface area (Å²) in [4.78, 5) is 4.40. The number of oxazole rings is 1. The van der Waals surface area contributed by atoms with E-state index < -0.39 is 10.0 Å². The summed E-state index contributed by atoms with van der Waals surface area (Å²) in [6.07, 6.45) is 0. The van der Waals surface area contributed by atoms with Crippen LogP contribution in [0.25, 0.3) is 11.1 Å². The molecule has 8 heteroatoms. The van der Waals surface area contributed by atoms with Crippen LogP contribution in [-0.4, -0.2) is 44.0 Å². The Balaban J connectivity index is 0.00000109. The van der Waals surface area contributed by atoms with Crippen LogP contribution in [0.3, 0.4) is 0 Å². The molecule has 0 N–H and O–H groups in total. The van der Waals surface area contributed by atoms with Crippen LogP contribution in [0.4, 0.5) is 0 Å². The number of hydrogen-bond acceptors (Lipinski definition) is 5. The molecule has 1 aromatic heterocycles. The van der Waals surface area contributed by atoms with Crippen LogP contribution in [0.5, 0.6) is 0 Å². The first-order chi connectivity index (χ1) is 11.7. The van der Waals surface area contributed by atoms with Crippen molar-refractivity contribution in [3.63, 3.8) is 0 Å². The number of nitrogens with zero attached hydrogens (tertiary/aromatic N) is 2. The molecule has 0 unspecified atom stereocenters. The molecule has 140 valence electrons. The monoisotopic (exact) mass is 388 g/mol. The van der Waals surface area contributed by atoms with Crippen molar-refractivity contribution in [2.75, 3.05) is 26.3 Å². The van der Waals surface area contributed by atoms with Gasteiger partial charge in [0, 0.05) is 18.5 Å². The van der Waals surface area contributed by atoms with E-state index in [1.165, 1.54) is 4.31 Å². The maximum Gasteiger partial charge on any atom is 0.248 e. The van der Waals surface area contributed by atoms with Gasteiger partial charge in [-0.2, -0.15) is 4.31 Å². The zero-order valence-electron chi connectivity index (χ0n) is 15.3. The summed E-state index contributed by atoms with van der Waals surface area (Å²) in [5.41, 5.74) is 0.381. The Morgan fingerprint density at radius 3 is 2.32 bits per heavy atom. The van der Waals surface area contributed by atoms with Crippen molar-refractivity contribution in [1.29, 1.82) is 0 Å². The Kier molecular flexibility index (Phi) is 6.14. The number of benzene rings is 1. The fraction of sp³-hybridized carbons (Fsp3) is 0.588. The highest BCUT2D eigenvalue weighted by Crippen LogP contribution is 2.35. The predicted octanol–water partition coefficient (Wildman–Crippen LogP) is 3.83. The van der Waals surface area contributed by atoms with Crippen LogP contribution < -0.4 is 0 Å². The van der Waals surface area contributed by atoms with Gasteiger partial charge in [-0.15, -0.1) is 0 Å². The largest absolute Gasteiger partial charge is 0.439 e. The Bertz CT molecular complexity index is 834. The molecule has 0 aliphatic carbocycles. The molecule has 2 aromatic rings. The molecule has 0 bridgehead atoms. The minimum atomic E-state index is -3.76. The Morgan fingerprint density at radius 1 is 1.16 bits per heavy atom. The van der Waals surface area contributed by atoms with E-state index in [2.05, 4.69) is 4.98 Å². The summed E-state index contributed by atoms with van der Waals surface area (Å²) in [5.74, 6) is 0.480. The summed E-state index contributed by atoms with van der Waals surface area (Å²) in [6, 6.07) is 3.22. The molecule has 2 heterocycles. The highest BCUT2D eigenvalue weighted by atomic mass is 35.5. The van der Waals surface area contributed by atoms with E-state index >= 15 is 0 Å². The molecule has 0 saturated carbocycles. The molecule has 1 saturated heterocycles. The average molecular weight is 389 g/mol. The van der Waals surface area contributed by atoms with Crippen molar-refractivity contribution in [2.45, 2.75) is 44.9 Å². The summed E-state index contributed by atoms with van der Waals surface area (Å²) < 4.78 is 38.3. The molecule has 0 atom stereocenters. The molecule has 1 aromatic carbocycles. The third kappa shape index (κ3) is 4.00. The van der Waals surface area contributed by atoms with E-state index in [-0.39, 0.29) is 20.9 Å². The molecule has 0 radical (unpaired) electrons. The number of hydrogen-bond donors (Lipinski definition) is 0. The van der Waals surface area contributed by atoms with Gasteiger partial charge in [0.15, 0.2) is 5.58 Å². The third-order valence-electron chi connectivity index (χ3n) is 3.67. The molecule has 1 aliphatic rings. The van der Waals surface area contributed by atoms with Crippen molar-refractivity contribution >= 4 is 32.7 Å². The van der Waals surface area contributed by atoms with Crippen LogP contribution in [0.15, 0.2) is 21.4 Å². The summed E-state index contributed by atoms with van der Waals surface area (Å²) in [5, 5.41) is 0.139. The van der Waals surface area contributed by atoms with Gasteiger partial charge in [0.25, 0.3) is 0 Å². The predicted molar refractivity (Wildman–Crippen MR) is 98.6 cm³/mol. The Labute approximate surface area is 154 Å². The molecule has 1 fully saturated rings. The summed E-state index contributed by atoms with van der Waals surface area (Å²) >= 11 is 6.21. The van der Waals surface area contributed by atoms with Crippen molar-refractivity contribution in [2.24, 2.45) is 0 Å². The molecule has 25 heavy (non-hydrogen) atoms. The molecular weight excluding hydrogens is 364 g/mol. The van der Waals surface area contributed by atoms with E-state index in [4.69, 9.17) is 20.8 Å². The Morgan fingerprint density at radius 2 is 1.76 bits per heavy atom. The summed E-state index contributed by atoms with van der Waals surface area (Å²) in [6.45, 7) is 11.2. The normalized spacial score (nSPS) is 16.6. The van der Waals surface area contributed by atoms with Gasteiger partial charge in [-0.3, -0.25) is 0 Å². The second-order valence-electron chi connectivity index (χ2n) is 6.51. The van der Waals surface area contributed by atoms with E-state index in [0.717, 1.165) is 0 Å². The van der Waals surface area contributed by atoms with Gasteiger partial charge in [-0.05, 0) is 12.1 Å². The standard InChI is InChI=1S/C15H19ClN2O4S.C2H6/c1-15(2,3)14-17-11-5-4-10(16)13(12(11)22-14)23(19,20)18-6-8-21-9-7-18;1-2/h4-5H,6-9H2,1-3H3;1-2H3. The SMILES string of the molecule is CC.CC(C)(C)c1nc2ccc(Cl)c(S(=O)(=O)N3CCOCC3)c2o1. The Hall–Kier alpha value is -1.15. The van der Waals surface area contributed by atoms with Gasteiger partial charge in [-0.1, -0.05) is 46.2 Å². The second kappa shape index (κ2) is 7.61. The number of morpholine rings is 1. The maximum atomic E-state index is 13.0. The van der Waals surface area contributed by atoms with E-state index in [1.807, 2.05) is 34.6 Å². The van der Waals surface area contributed by atoms with Crippen molar-refractivity contribution in [1.82, 2.24) is 9.29 Å². The quantitative estimate of drug-likeness (QED) is 0.781. The number of aromatic nitrogens is 1.